The summed E-state index contributed by atoms with van der Waals surface area (Å²) in [4.78, 5) is 4.85. The molecule has 1 aliphatic rings. The molecule has 0 saturated carbocycles. The van der Waals surface area contributed by atoms with Crippen LogP contribution in [0.4, 0.5) is 0 Å². The zero-order valence-electron chi connectivity index (χ0n) is 20.9. The van der Waals surface area contributed by atoms with Gasteiger partial charge in [-0.05, 0) is 72.1 Å². The number of pyridine rings is 1. The molecule has 1 aliphatic carbocycles. The van der Waals surface area contributed by atoms with E-state index in [-0.39, 0.29) is 5.41 Å². The second-order valence-corrected chi connectivity index (χ2v) is 10.8. The lowest BCUT2D eigenvalue weighted by atomic mass is 9.81. The van der Waals surface area contributed by atoms with E-state index >= 15 is 0 Å². The normalized spacial score (nSPS) is 13.9. The van der Waals surface area contributed by atoms with Gasteiger partial charge >= 0.3 is 0 Å². The summed E-state index contributed by atoms with van der Waals surface area (Å²) in [5.41, 5.74) is 7.63. The van der Waals surface area contributed by atoms with E-state index in [2.05, 4.69) is 123 Å². The molecule has 7 aromatic rings. The number of benzene rings is 6. The van der Waals surface area contributed by atoms with E-state index < -0.39 is 0 Å². The van der Waals surface area contributed by atoms with Crippen LogP contribution in [0.3, 0.4) is 0 Å². The fourth-order valence-electron chi connectivity index (χ4n) is 6.73. The Bertz CT molecular complexity index is 2020. The molecular weight excluding hydrogens is 446 g/mol. The molecule has 0 saturated heterocycles. The quantitative estimate of drug-likeness (QED) is 0.217. The molecule has 0 unspecified atom stereocenters. The molecule has 0 radical (unpaired) electrons. The van der Waals surface area contributed by atoms with Crippen molar-refractivity contribution in [2.75, 3.05) is 0 Å². The molecule has 0 spiro atoms. The van der Waals surface area contributed by atoms with E-state index in [0.29, 0.717) is 0 Å². The minimum absolute atomic E-state index is 0.0731. The van der Waals surface area contributed by atoms with Crippen molar-refractivity contribution in [2.24, 2.45) is 0 Å². The van der Waals surface area contributed by atoms with Gasteiger partial charge in [0, 0.05) is 22.6 Å². The average molecular weight is 472 g/mol. The van der Waals surface area contributed by atoms with Crippen molar-refractivity contribution < 1.29 is 0 Å². The lowest BCUT2D eigenvalue weighted by Gasteiger charge is -2.22. The van der Waals surface area contributed by atoms with Crippen molar-refractivity contribution in [1.29, 1.82) is 0 Å². The first-order valence-electron chi connectivity index (χ1n) is 13.0. The van der Waals surface area contributed by atoms with E-state index in [0.717, 1.165) is 5.69 Å². The van der Waals surface area contributed by atoms with Crippen molar-refractivity contribution >= 4 is 43.1 Å². The highest BCUT2D eigenvalue weighted by molar-refractivity contribution is 6.29. The van der Waals surface area contributed by atoms with Gasteiger partial charge in [-0.2, -0.15) is 0 Å². The average Bonchev–Trinajstić information content (AvgIpc) is 3.18. The Morgan fingerprint density at radius 3 is 1.89 bits per heavy atom. The monoisotopic (exact) mass is 471 g/mol. The standard InChI is InChI=1S/C36H25N/c1-36(2)31-17-15-23(35-24-10-4-3-9-22(24)19-20-37-35)21-30(31)34-32(36)18-16-29-27-13-6-5-11-25(27)26-12-7-8-14-28(26)33(29)34/h3-21H,1-2H3. The third-order valence-electron chi connectivity index (χ3n) is 8.49. The van der Waals surface area contributed by atoms with Crippen LogP contribution in [0.2, 0.25) is 0 Å². The maximum Gasteiger partial charge on any atom is 0.0780 e. The van der Waals surface area contributed by atoms with Gasteiger partial charge in [0.15, 0.2) is 0 Å². The highest BCUT2D eigenvalue weighted by atomic mass is 14.7. The third kappa shape index (κ3) is 2.72. The number of rotatable bonds is 1. The Balaban J connectivity index is 1.53. The maximum absolute atomic E-state index is 4.85. The largest absolute Gasteiger partial charge is 0.256 e. The van der Waals surface area contributed by atoms with Gasteiger partial charge < -0.3 is 0 Å². The van der Waals surface area contributed by atoms with Crippen LogP contribution >= 0.6 is 0 Å². The van der Waals surface area contributed by atoms with Gasteiger partial charge in [-0.1, -0.05) is 111 Å². The lowest BCUT2D eigenvalue weighted by Crippen LogP contribution is -2.14. The molecule has 1 nitrogen and oxygen atoms in total. The molecule has 0 bridgehead atoms. The second kappa shape index (κ2) is 7.27. The minimum atomic E-state index is -0.0731. The zero-order valence-corrected chi connectivity index (χ0v) is 20.9. The summed E-state index contributed by atoms with van der Waals surface area (Å²) in [6, 6.07) is 40.1. The Morgan fingerprint density at radius 2 is 1.14 bits per heavy atom. The summed E-state index contributed by atoms with van der Waals surface area (Å²) in [6.45, 7) is 4.73. The van der Waals surface area contributed by atoms with Crippen molar-refractivity contribution in [3.05, 3.63) is 127 Å². The summed E-state index contributed by atoms with van der Waals surface area (Å²) in [5.74, 6) is 0. The van der Waals surface area contributed by atoms with E-state index in [1.54, 1.807) is 0 Å². The number of nitrogens with zero attached hydrogens (tertiary/aromatic N) is 1. The molecule has 1 heteroatoms. The molecule has 0 N–H and O–H groups in total. The zero-order chi connectivity index (χ0) is 24.7. The number of fused-ring (bicyclic) bond motifs is 11. The predicted molar refractivity (Wildman–Crippen MR) is 157 cm³/mol. The lowest BCUT2D eigenvalue weighted by molar-refractivity contribution is 0.661. The van der Waals surface area contributed by atoms with Crippen LogP contribution in [0.5, 0.6) is 0 Å². The van der Waals surface area contributed by atoms with Crippen LogP contribution in [-0.2, 0) is 5.41 Å². The molecule has 0 amide bonds. The smallest absolute Gasteiger partial charge is 0.0780 e. The highest BCUT2D eigenvalue weighted by Gasteiger charge is 2.37. The summed E-state index contributed by atoms with van der Waals surface area (Å²) in [5, 5.41) is 10.4. The molecular formula is C36H25N. The molecule has 0 atom stereocenters. The third-order valence-corrected chi connectivity index (χ3v) is 8.49. The summed E-state index contributed by atoms with van der Waals surface area (Å²) in [7, 11) is 0. The summed E-state index contributed by atoms with van der Waals surface area (Å²) >= 11 is 0. The van der Waals surface area contributed by atoms with Crippen molar-refractivity contribution in [1.82, 2.24) is 4.98 Å². The molecule has 1 heterocycles. The van der Waals surface area contributed by atoms with E-state index in [4.69, 9.17) is 4.98 Å². The van der Waals surface area contributed by atoms with Crippen LogP contribution in [0.15, 0.2) is 115 Å². The van der Waals surface area contributed by atoms with Gasteiger partial charge in [0.05, 0.1) is 5.69 Å². The summed E-state index contributed by atoms with van der Waals surface area (Å²) in [6.07, 6.45) is 1.93. The van der Waals surface area contributed by atoms with Gasteiger partial charge in [-0.3, -0.25) is 4.98 Å². The number of hydrogen-bond acceptors (Lipinski definition) is 1. The topological polar surface area (TPSA) is 12.9 Å². The van der Waals surface area contributed by atoms with E-state index in [1.165, 1.54) is 70.9 Å². The first-order chi connectivity index (χ1) is 18.1. The molecule has 6 aromatic carbocycles. The fraction of sp³-hybridized carbons (Fsp3) is 0.0833. The fourth-order valence-corrected chi connectivity index (χ4v) is 6.73. The van der Waals surface area contributed by atoms with Crippen LogP contribution in [0, 0.1) is 0 Å². The van der Waals surface area contributed by atoms with Crippen LogP contribution in [-0.4, -0.2) is 4.98 Å². The molecule has 174 valence electrons. The Kier molecular flexibility index (Phi) is 4.06. The SMILES string of the molecule is CC1(C)c2ccc(-c3nccc4ccccc34)cc2-c2c1ccc1c3ccccc3c3ccccc3c21. The van der Waals surface area contributed by atoms with Gasteiger partial charge in [0.25, 0.3) is 0 Å². The Hall–Kier alpha value is -4.49. The van der Waals surface area contributed by atoms with Crippen LogP contribution < -0.4 is 0 Å². The number of hydrogen-bond donors (Lipinski definition) is 0. The van der Waals surface area contributed by atoms with E-state index in [9.17, 15) is 0 Å². The van der Waals surface area contributed by atoms with E-state index in [1.807, 2.05) is 6.20 Å². The second-order valence-electron chi connectivity index (χ2n) is 10.8. The number of aromatic nitrogens is 1. The Morgan fingerprint density at radius 1 is 0.541 bits per heavy atom. The predicted octanol–water partition coefficient (Wildman–Crippen LogP) is 9.67. The van der Waals surface area contributed by atoms with Gasteiger partial charge in [0.1, 0.15) is 0 Å². The maximum atomic E-state index is 4.85. The van der Waals surface area contributed by atoms with Gasteiger partial charge in [-0.25, -0.2) is 0 Å². The van der Waals surface area contributed by atoms with Gasteiger partial charge in [0.2, 0.25) is 0 Å². The first kappa shape index (κ1) is 20.7. The van der Waals surface area contributed by atoms with Crippen molar-refractivity contribution in [3.8, 4) is 22.4 Å². The molecule has 1 aromatic heterocycles. The molecule has 0 aliphatic heterocycles. The molecule has 37 heavy (non-hydrogen) atoms. The Labute approximate surface area is 216 Å². The van der Waals surface area contributed by atoms with Crippen molar-refractivity contribution in [3.63, 3.8) is 0 Å². The van der Waals surface area contributed by atoms with Crippen molar-refractivity contribution in [2.45, 2.75) is 19.3 Å². The van der Waals surface area contributed by atoms with Crippen LogP contribution in [0.25, 0.3) is 65.5 Å². The first-order valence-corrected chi connectivity index (χ1v) is 13.0. The molecule has 0 fully saturated rings. The van der Waals surface area contributed by atoms with Gasteiger partial charge in [-0.15, -0.1) is 0 Å². The molecule has 8 rings (SSSR count). The van der Waals surface area contributed by atoms with Crippen LogP contribution in [0.1, 0.15) is 25.0 Å². The minimum Gasteiger partial charge on any atom is -0.256 e. The summed E-state index contributed by atoms with van der Waals surface area (Å²) < 4.78 is 0. The highest BCUT2D eigenvalue weighted by Crippen LogP contribution is 2.54.